The smallest absolute Gasteiger partial charge is 0.170 e. The SMILES string of the molecule is O=C(c1cccc2cccnc12)C1CCCOC1. The van der Waals surface area contributed by atoms with Crippen molar-refractivity contribution in [1.29, 1.82) is 0 Å². The van der Waals surface area contributed by atoms with Crippen LogP contribution in [0.15, 0.2) is 36.5 Å². The molecule has 1 unspecified atom stereocenters. The molecule has 0 saturated carbocycles. The Bertz CT molecular complexity index is 568. The van der Waals surface area contributed by atoms with Crippen LogP contribution >= 0.6 is 0 Å². The van der Waals surface area contributed by atoms with Crippen LogP contribution in [0.2, 0.25) is 0 Å². The Balaban J connectivity index is 2.00. The molecule has 1 aliphatic heterocycles. The first-order chi connectivity index (χ1) is 8.86. The lowest BCUT2D eigenvalue weighted by Crippen LogP contribution is -2.25. The van der Waals surface area contributed by atoms with Gasteiger partial charge in [-0.25, -0.2) is 0 Å². The Labute approximate surface area is 106 Å². The molecule has 3 heteroatoms. The zero-order valence-electron chi connectivity index (χ0n) is 10.1. The van der Waals surface area contributed by atoms with Gasteiger partial charge in [0.15, 0.2) is 5.78 Å². The van der Waals surface area contributed by atoms with Crippen molar-refractivity contribution in [2.45, 2.75) is 12.8 Å². The first kappa shape index (κ1) is 11.4. The number of ketones is 1. The molecule has 1 saturated heterocycles. The molecule has 0 N–H and O–H groups in total. The van der Waals surface area contributed by atoms with Crippen molar-refractivity contribution in [2.24, 2.45) is 5.92 Å². The van der Waals surface area contributed by atoms with E-state index in [1.54, 1.807) is 6.20 Å². The number of carbonyl (C=O) groups is 1. The van der Waals surface area contributed by atoms with Gasteiger partial charge in [0.25, 0.3) is 0 Å². The predicted octanol–water partition coefficient (Wildman–Crippen LogP) is 2.84. The minimum absolute atomic E-state index is 0.00800. The maximum absolute atomic E-state index is 12.5. The molecular weight excluding hydrogens is 226 g/mol. The third-order valence-corrected chi connectivity index (χ3v) is 3.43. The molecule has 1 aromatic heterocycles. The molecular formula is C15H15NO2. The van der Waals surface area contributed by atoms with Crippen LogP contribution in [-0.4, -0.2) is 24.0 Å². The van der Waals surface area contributed by atoms with E-state index in [4.69, 9.17) is 4.74 Å². The highest BCUT2D eigenvalue weighted by molar-refractivity contribution is 6.07. The number of pyridine rings is 1. The van der Waals surface area contributed by atoms with E-state index in [1.165, 1.54) is 0 Å². The first-order valence-electron chi connectivity index (χ1n) is 6.32. The molecule has 0 bridgehead atoms. The molecule has 1 aromatic carbocycles. The van der Waals surface area contributed by atoms with Gasteiger partial charge in [-0.3, -0.25) is 9.78 Å². The minimum Gasteiger partial charge on any atom is -0.381 e. The van der Waals surface area contributed by atoms with Crippen LogP contribution in [0.25, 0.3) is 10.9 Å². The summed E-state index contributed by atoms with van der Waals surface area (Å²) in [5.74, 6) is 0.158. The van der Waals surface area contributed by atoms with Crippen molar-refractivity contribution < 1.29 is 9.53 Å². The van der Waals surface area contributed by atoms with Crippen LogP contribution in [0.3, 0.4) is 0 Å². The summed E-state index contributed by atoms with van der Waals surface area (Å²) in [5.41, 5.74) is 1.53. The summed E-state index contributed by atoms with van der Waals surface area (Å²) in [5, 5.41) is 1.01. The zero-order chi connectivity index (χ0) is 12.4. The number of aromatic nitrogens is 1. The fourth-order valence-corrected chi connectivity index (χ4v) is 2.47. The number of rotatable bonds is 2. The standard InChI is InChI=1S/C15H15NO2/c17-15(12-6-3-9-18-10-12)13-7-1-4-11-5-2-8-16-14(11)13/h1-2,4-5,7-8,12H,3,6,9-10H2. The lowest BCUT2D eigenvalue weighted by molar-refractivity contribution is 0.0462. The molecule has 0 aliphatic carbocycles. The van der Waals surface area contributed by atoms with Crippen molar-refractivity contribution in [3.8, 4) is 0 Å². The van der Waals surface area contributed by atoms with E-state index in [-0.39, 0.29) is 11.7 Å². The van der Waals surface area contributed by atoms with Gasteiger partial charge >= 0.3 is 0 Å². The number of para-hydroxylation sites is 1. The maximum Gasteiger partial charge on any atom is 0.170 e. The Morgan fingerprint density at radius 3 is 3.00 bits per heavy atom. The average Bonchev–Trinajstić information content (AvgIpc) is 2.47. The van der Waals surface area contributed by atoms with Crippen LogP contribution in [0, 0.1) is 5.92 Å². The average molecular weight is 241 g/mol. The van der Waals surface area contributed by atoms with Crippen LogP contribution in [0.5, 0.6) is 0 Å². The van der Waals surface area contributed by atoms with E-state index in [0.29, 0.717) is 6.61 Å². The summed E-state index contributed by atoms with van der Waals surface area (Å²) in [6.45, 7) is 1.32. The molecule has 1 atom stereocenters. The first-order valence-corrected chi connectivity index (χ1v) is 6.32. The molecule has 3 nitrogen and oxygen atoms in total. The Hall–Kier alpha value is -1.74. The molecule has 2 aromatic rings. The minimum atomic E-state index is -0.00800. The Morgan fingerprint density at radius 2 is 2.17 bits per heavy atom. The summed E-state index contributed by atoms with van der Waals surface area (Å²) in [7, 11) is 0. The molecule has 2 heterocycles. The van der Waals surface area contributed by atoms with Crippen molar-refractivity contribution in [3.05, 3.63) is 42.1 Å². The predicted molar refractivity (Wildman–Crippen MR) is 69.6 cm³/mol. The van der Waals surface area contributed by atoms with Crippen molar-refractivity contribution in [3.63, 3.8) is 0 Å². The normalized spacial score (nSPS) is 19.9. The van der Waals surface area contributed by atoms with Gasteiger partial charge in [0.05, 0.1) is 12.1 Å². The monoisotopic (exact) mass is 241 g/mol. The second-order valence-electron chi connectivity index (χ2n) is 4.66. The van der Waals surface area contributed by atoms with Gasteiger partial charge in [-0.1, -0.05) is 18.2 Å². The van der Waals surface area contributed by atoms with E-state index >= 15 is 0 Å². The highest BCUT2D eigenvalue weighted by Gasteiger charge is 2.24. The third-order valence-electron chi connectivity index (χ3n) is 3.43. The van der Waals surface area contributed by atoms with E-state index in [9.17, 15) is 4.79 Å². The van der Waals surface area contributed by atoms with Crippen LogP contribution in [-0.2, 0) is 4.74 Å². The van der Waals surface area contributed by atoms with Crippen molar-refractivity contribution >= 4 is 16.7 Å². The Kier molecular flexibility index (Phi) is 3.07. The van der Waals surface area contributed by atoms with Gasteiger partial charge in [-0.15, -0.1) is 0 Å². The van der Waals surface area contributed by atoms with Crippen LogP contribution < -0.4 is 0 Å². The van der Waals surface area contributed by atoms with Crippen molar-refractivity contribution in [2.75, 3.05) is 13.2 Å². The number of hydrogen-bond acceptors (Lipinski definition) is 3. The molecule has 1 aliphatic rings. The number of Topliss-reactive ketones (excluding diaryl/α,β-unsaturated/α-hetero) is 1. The van der Waals surface area contributed by atoms with E-state index in [0.717, 1.165) is 35.9 Å². The molecule has 92 valence electrons. The van der Waals surface area contributed by atoms with Gasteiger partial charge in [0, 0.05) is 29.7 Å². The summed E-state index contributed by atoms with van der Waals surface area (Å²) in [6, 6.07) is 9.64. The van der Waals surface area contributed by atoms with E-state index in [2.05, 4.69) is 4.98 Å². The molecule has 0 spiro atoms. The number of ether oxygens (including phenoxy) is 1. The van der Waals surface area contributed by atoms with Gasteiger partial charge in [-0.2, -0.15) is 0 Å². The topological polar surface area (TPSA) is 39.2 Å². The number of hydrogen-bond donors (Lipinski definition) is 0. The number of fused-ring (bicyclic) bond motifs is 1. The Morgan fingerprint density at radius 1 is 1.28 bits per heavy atom. The quantitative estimate of drug-likeness (QED) is 0.759. The third kappa shape index (κ3) is 2.02. The highest BCUT2D eigenvalue weighted by atomic mass is 16.5. The molecule has 3 rings (SSSR count). The molecule has 0 radical (unpaired) electrons. The van der Waals surface area contributed by atoms with E-state index in [1.807, 2.05) is 30.3 Å². The number of carbonyl (C=O) groups excluding carboxylic acids is 1. The zero-order valence-corrected chi connectivity index (χ0v) is 10.1. The lowest BCUT2D eigenvalue weighted by atomic mass is 9.91. The summed E-state index contributed by atoms with van der Waals surface area (Å²) in [4.78, 5) is 16.8. The molecule has 1 fully saturated rings. The lowest BCUT2D eigenvalue weighted by Gasteiger charge is -2.21. The second kappa shape index (κ2) is 4.86. The maximum atomic E-state index is 12.5. The number of nitrogens with zero attached hydrogens (tertiary/aromatic N) is 1. The van der Waals surface area contributed by atoms with Crippen LogP contribution in [0.1, 0.15) is 23.2 Å². The molecule has 18 heavy (non-hydrogen) atoms. The largest absolute Gasteiger partial charge is 0.381 e. The summed E-state index contributed by atoms with van der Waals surface area (Å²) < 4.78 is 5.40. The second-order valence-corrected chi connectivity index (χ2v) is 4.66. The van der Waals surface area contributed by atoms with Crippen LogP contribution in [0.4, 0.5) is 0 Å². The molecule has 0 amide bonds. The fraction of sp³-hybridized carbons (Fsp3) is 0.333. The van der Waals surface area contributed by atoms with Gasteiger partial charge < -0.3 is 4.74 Å². The van der Waals surface area contributed by atoms with Gasteiger partial charge in [-0.05, 0) is 25.0 Å². The highest BCUT2D eigenvalue weighted by Crippen LogP contribution is 2.23. The van der Waals surface area contributed by atoms with Gasteiger partial charge in [0.2, 0.25) is 0 Å². The van der Waals surface area contributed by atoms with Crippen molar-refractivity contribution in [1.82, 2.24) is 4.98 Å². The fourth-order valence-electron chi connectivity index (χ4n) is 2.47. The summed E-state index contributed by atoms with van der Waals surface area (Å²) >= 11 is 0. The van der Waals surface area contributed by atoms with Gasteiger partial charge in [0.1, 0.15) is 0 Å². The summed E-state index contributed by atoms with van der Waals surface area (Å²) in [6.07, 6.45) is 3.62. The number of benzene rings is 1. The van der Waals surface area contributed by atoms with E-state index < -0.39 is 0 Å².